The molecule has 0 radical (unpaired) electrons. The average molecular weight is 288 g/mol. The van der Waals surface area contributed by atoms with Gasteiger partial charge in [-0.3, -0.25) is 0 Å². The van der Waals surface area contributed by atoms with E-state index in [2.05, 4.69) is 18.2 Å². The molecule has 2 N–H and O–H groups in total. The zero-order valence-electron chi connectivity index (χ0n) is 11.9. The van der Waals surface area contributed by atoms with Crippen molar-refractivity contribution in [3.8, 4) is 11.6 Å². The second-order valence-electron chi connectivity index (χ2n) is 4.65. The molecule has 0 spiro atoms. The average Bonchev–Trinajstić information content (AvgIpc) is 2.50. The van der Waals surface area contributed by atoms with Crippen LogP contribution in [0.1, 0.15) is 18.9 Å². The third kappa shape index (κ3) is 4.25. The summed E-state index contributed by atoms with van der Waals surface area (Å²) < 4.78 is 5.71. The minimum absolute atomic E-state index is 0.197. The molecule has 0 aliphatic heterocycles. The lowest BCUT2D eigenvalue weighted by molar-refractivity contribution is 0.462. The van der Waals surface area contributed by atoms with Crippen molar-refractivity contribution < 1.29 is 4.74 Å². The minimum Gasteiger partial charge on any atom is -0.439 e. The van der Waals surface area contributed by atoms with E-state index in [4.69, 9.17) is 10.5 Å². The van der Waals surface area contributed by atoms with E-state index < -0.39 is 0 Å². The van der Waals surface area contributed by atoms with Crippen LogP contribution in [0.15, 0.2) is 47.5 Å². The zero-order chi connectivity index (χ0) is 14.4. The van der Waals surface area contributed by atoms with Crippen molar-refractivity contribution in [3.63, 3.8) is 0 Å². The molecule has 0 saturated carbocycles. The molecule has 1 unspecified atom stereocenters. The second kappa shape index (κ2) is 7.31. The third-order valence-corrected chi connectivity index (χ3v) is 3.85. The Bertz CT molecular complexity index is 525. The van der Waals surface area contributed by atoms with Crippen LogP contribution in [-0.2, 0) is 6.42 Å². The first-order valence-corrected chi connectivity index (χ1v) is 7.96. The van der Waals surface area contributed by atoms with Gasteiger partial charge in [0, 0.05) is 23.2 Å². The van der Waals surface area contributed by atoms with Gasteiger partial charge in [-0.25, -0.2) is 4.98 Å². The summed E-state index contributed by atoms with van der Waals surface area (Å²) in [7, 11) is 0. The summed E-state index contributed by atoms with van der Waals surface area (Å²) in [6.45, 7) is 2.09. The van der Waals surface area contributed by atoms with Crippen molar-refractivity contribution in [3.05, 3.63) is 48.2 Å². The van der Waals surface area contributed by atoms with Crippen molar-refractivity contribution in [2.75, 3.05) is 6.26 Å². The van der Waals surface area contributed by atoms with Crippen molar-refractivity contribution in [1.82, 2.24) is 4.98 Å². The molecular formula is C16H20N2OS. The summed E-state index contributed by atoms with van der Waals surface area (Å²) in [5, 5.41) is 0. The Morgan fingerprint density at radius 3 is 2.50 bits per heavy atom. The van der Waals surface area contributed by atoms with Crippen LogP contribution in [0.5, 0.6) is 11.6 Å². The number of nitrogens with two attached hydrogens (primary N) is 1. The second-order valence-corrected chi connectivity index (χ2v) is 5.53. The van der Waals surface area contributed by atoms with Gasteiger partial charge in [0.05, 0.1) is 0 Å². The van der Waals surface area contributed by atoms with E-state index in [0.29, 0.717) is 5.88 Å². The topological polar surface area (TPSA) is 48.1 Å². The summed E-state index contributed by atoms with van der Waals surface area (Å²) in [4.78, 5) is 5.54. The number of ether oxygens (including phenoxy) is 1. The van der Waals surface area contributed by atoms with Gasteiger partial charge in [0.2, 0.25) is 5.88 Å². The lowest BCUT2D eigenvalue weighted by atomic mass is 10.1. The van der Waals surface area contributed by atoms with Gasteiger partial charge in [0.1, 0.15) is 5.75 Å². The molecule has 0 amide bonds. The Labute approximate surface area is 124 Å². The molecule has 1 heterocycles. The molecule has 2 aromatic rings. The number of pyridine rings is 1. The normalized spacial score (nSPS) is 12.2. The molecule has 0 bridgehead atoms. The molecule has 3 nitrogen and oxygen atoms in total. The molecule has 1 aromatic carbocycles. The zero-order valence-corrected chi connectivity index (χ0v) is 12.7. The van der Waals surface area contributed by atoms with Crippen LogP contribution in [0.4, 0.5) is 0 Å². The smallest absolute Gasteiger partial charge is 0.219 e. The van der Waals surface area contributed by atoms with Crippen LogP contribution in [-0.4, -0.2) is 17.3 Å². The number of nitrogens with zero attached hydrogens (tertiary/aromatic N) is 1. The van der Waals surface area contributed by atoms with E-state index in [1.165, 1.54) is 4.90 Å². The Kier molecular flexibility index (Phi) is 5.44. The molecule has 0 aliphatic carbocycles. The van der Waals surface area contributed by atoms with Gasteiger partial charge in [-0.2, -0.15) is 0 Å². The van der Waals surface area contributed by atoms with Crippen molar-refractivity contribution in [2.45, 2.75) is 30.7 Å². The van der Waals surface area contributed by atoms with Crippen LogP contribution in [0.2, 0.25) is 0 Å². The van der Waals surface area contributed by atoms with Crippen LogP contribution >= 0.6 is 11.8 Å². The molecule has 20 heavy (non-hydrogen) atoms. The Morgan fingerprint density at radius 2 is 1.95 bits per heavy atom. The number of thioether (sulfide) groups is 1. The Morgan fingerprint density at radius 1 is 1.20 bits per heavy atom. The monoisotopic (exact) mass is 288 g/mol. The molecule has 0 fully saturated rings. The van der Waals surface area contributed by atoms with Crippen LogP contribution in [0.3, 0.4) is 0 Å². The highest BCUT2D eigenvalue weighted by Gasteiger charge is 2.03. The molecule has 2 rings (SSSR count). The predicted molar refractivity (Wildman–Crippen MR) is 84.5 cm³/mol. The van der Waals surface area contributed by atoms with Gasteiger partial charge in [0.15, 0.2) is 0 Å². The van der Waals surface area contributed by atoms with E-state index >= 15 is 0 Å². The summed E-state index contributed by atoms with van der Waals surface area (Å²) in [6, 6.07) is 12.1. The fraction of sp³-hybridized carbons (Fsp3) is 0.312. The van der Waals surface area contributed by atoms with E-state index in [0.717, 1.165) is 24.2 Å². The highest BCUT2D eigenvalue weighted by Crippen LogP contribution is 2.23. The minimum atomic E-state index is 0.197. The molecule has 1 atom stereocenters. The Balaban J connectivity index is 1.99. The largest absolute Gasteiger partial charge is 0.439 e. The first-order valence-electron chi connectivity index (χ1n) is 6.73. The van der Waals surface area contributed by atoms with Gasteiger partial charge >= 0.3 is 0 Å². The SMILES string of the molecule is CCC(N)Cc1ccc(Oc2ccc(SC)cc2)nc1. The molecular weight excluding hydrogens is 268 g/mol. The quantitative estimate of drug-likeness (QED) is 0.820. The van der Waals surface area contributed by atoms with E-state index in [1.54, 1.807) is 11.8 Å². The summed E-state index contributed by atoms with van der Waals surface area (Å²) in [5.41, 5.74) is 7.08. The maximum atomic E-state index is 5.93. The molecule has 0 aliphatic rings. The first-order chi connectivity index (χ1) is 9.71. The number of hydrogen-bond acceptors (Lipinski definition) is 4. The van der Waals surface area contributed by atoms with Crippen molar-refractivity contribution in [2.24, 2.45) is 5.73 Å². The molecule has 1 aromatic heterocycles. The van der Waals surface area contributed by atoms with Gasteiger partial charge in [-0.1, -0.05) is 13.0 Å². The number of aromatic nitrogens is 1. The van der Waals surface area contributed by atoms with E-state index in [9.17, 15) is 0 Å². The number of hydrogen-bond donors (Lipinski definition) is 1. The highest BCUT2D eigenvalue weighted by atomic mass is 32.2. The fourth-order valence-corrected chi connectivity index (χ4v) is 2.21. The van der Waals surface area contributed by atoms with Gasteiger partial charge in [-0.15, -0.1) is 11.8 Å². The maximum absolute atomic E-state index is 5.93. The van der Waals surface area contributed by atoms with E-state index in [-0.39, 0.29) is 6.04 Å². The summed E-state index contributed by atoms with van der Waals surface area (Å²) in [6.07, 6.45) is 5.71. The predicted octanol–water partition coefficient (Wildman–Crippen LogP) is 3.88. The summed E-state index contributed by atoms with van der Waals surface area (Å²) in [5.74, 6) is 1.41. The highest BCUT2D eigenvalue weighted by molar-refractivity contribution is 7.98. The van der Waals surface area contributed by atoms with Crippen molar-refractivity contribution in [1.29, 1.82) is 0 Å². The third-order valence-electron chi connectivity index (χ3n) is 3.10. The lowest BCUT2D eigenvalue weighted by Crippen LogP contribution is -2.21. The van der Waals surface area contributed by atoms with Crippen LogP contribution in [0.25, 0.3) is 0 Å². The van der Waals surface area contributed by atoms with Gasteiger partial charge < -0.3 is 10.5 Å². The van der Waals surface area contributed by atoms with E-state index in [1.807, 2.05) is 42.6 Å². The van der Waals surface area contributed by atoms with Gasteiger partial charge in [-0.05, 0) is 48.9 Å². The number of rotatable bonds is 6. The first kappa shape index (κ1) is 14.9. The lowest BCUT2D eigenvalue weighted by Gasteiger charge is -2.09. The maximum Gasteiger partial charge on any atom is 0.219 e. The van der Waals surface area contributed by atoms with Crippen LogP contribution in [0, 0.1) is 0 Å². The summed E-state index contributed by atoms with van der Waals surface area (Å²) >= 11 is 1.71. The standard InChI is InChI=1S/C16H20N2OS/c1-3-13(17)10-12-4-9-16(18-11-12)19-14-5-7-15(20-2)8-6-14/h4-9,11,13H,3,10,17H2,1-2H3. The molecule has 4 heteroatoms. The fourth-order valence-electron chi connectivity index (χ4n) is 1.80. The Hall–Kier alpha value is -1.52. The van der Waals surface area contributed by atoms with Gasteiger partial charge in [0.25, 0.3) is 0 Å². The van der Waals surface area contributed by atoms with Crippen molar-refractivity contribution >= 4 is 11.8 Å². The molecule has 0 saturated heterocycles. The molecule has 106 valence electrons. The van der Waals surface area contributed by atoms with Crippen LogP contribution < -0.4 is 10.5 Å². The number of benzene rings is 1.